The molecule has 0 bridgehead atoms. The zero-order chi connectivity index (χ0) is 24.4. The fourth-order valence-electron chi connectivity index (χ4n) is 9.41. The van der Waals surface area contributed by atoms with Crippen molar-refractivity contribution < 1.29 is 9.90 Å². The van der Waals surface area contributed by atoms with Crippen LogP contribution in [0.4, 0.5) is 0 Å². The normalized spacial score (nSPS) is 43.0. The lowest BCUT2D eigenvalue weighted by Gasteiger charge is -2.62. The van der Waals surface area contributed by atoms with Crippen LogP contribution < -0.4 is 0 Å². The van der Waals surface area contributed by atoms with E-state index in [4.69, 9.17) is 0 Å². The second-order valence-electron chi connectivity index (χ2n) is 13.9. The molecule has 0 radical (unpaired) electrons. The number of allylic oxidation sites excluding steroid dienone is 3. The Bertz CT molecular complexity index is 834. The molecule has 33 heavy (non-hydrogen) atoms. The first-order valence-electron chi connectivity index (χ1n) is 13.9. The van der Waals surface area contributed by atoms with E-state index in [9.17, 15) is 9.90 Å². The maximum Gasteiger partial charge on any atom is 0.123 e. The Morgan fingerprint density at radius 2 is 1.73 bits per heavy atom. The van der Waals surface area contributed by atoms with E-state index in [0.29, 0.717) is 17.8 Å². The second-order valence-corrected chi connectivity index (χ2v) is 13.9. The SMILES string of the molecule is C=C(CCC(C=O)C1CCC2(C)C3=C(CCC12C)C1(C)CCC(O)C(C)(C)C1CC3)C(C)C. The molecule has 0 aliphatic heterocycles. The molecule has 0 aromatic carbocycles. The van der Waals surface area contributed by atoms with Gasteiger partial charge in [-0.1, -0.05) is 71.8 Å². The van der Waals surface area contributed by atoms with Crippen molar-refractivity contribution in [2.75, 3.05) is 0 Å². The van der Waals surface area contributed by atoms with Crippen molar-refractivity contribution in [1.29, 1.82) is 0 Å². The van der Waals surface area contributed by atoms with Crippen LogP contribution in [0.1, 0.15) is 113 Å². The highest BCUT2D eigenvalue weighted by molar-refractivity contribution is 5.55. The van der Waals surface area contributed by atoms with E-state index in [2.05, 4.69) is 55.0 Å². The van der Waals surface area contributed by atoms with Crippen molar-refractivity contribution in [3.05, 3.63) is 23.3 Å². The number of carbonyl (C=O) groups excluding carboxylic acids is 1. The van der Waals surface area contributed by atoms with Crippen LogP contribution in [0, 0.1) is 45.3 Å². The summed E-state index contributed by atoms with van der Waals surface area (Å²) in [5.41, 5.74) is 5.47. The van der Waals surface area contributed by atoms with Crippen molar-refractivity contribution in [2.45, 2.75) is 119 Å². The summed E-state index contributed by atoms with van der Waals surface area (Å²) in [6.45, 7) is 20.9. The monoisotopic (exact) mass is 454 g/mol. The van der Waals surface area contributed by atoms with Crippen LogP contribution in [-0.2, 0) is 4.79 Å². The summed E-state index contributed by atoms with van der Waals surface area (Å²) >= 11 is 0. The van der Waals surface area contributed by atoms with Crippen LogP contribution in [0.25, 0.3) is 0 Å². The summed E-state index contributed by atoms with van der Waals surface area (Å²) in [6.07, 6.45) is 12.4. The molecular formula is C31H50O2. The van der Waals surface area contributed by atoms with Crippen LogP contribution in [0.3, 0.4) is 0 Å². The molecule has 2 saturated carbocycles. The molecule has 0 heterocycles. The first-order valence-corrected chi connectivity index (χ1v) is 13.9. The van der Waals surface area contributed by atoms with Crippen molar-refractivity contribution >= 4 is 6.29 Å². The van der Waals surface area contributed by atoms with E-state index in [-0.39, 0.29) is 33.7 Å². The van der Waals surface area contributed by atoms with Crippen LogP contribution >= 0.6 is 0 Å². The smallest absolute Gasteiger partial charge is 0.123 e. The standard InChI is InChI=1S/C31H50O2/c1-20(2)21(3)9-10-22(19-32)23-13-17-31(8)25-11-12-26-28(4,5)27(33)15-16-29(26,6)24(25)14-18-30(23,31)7/h19-20,22-23,26-27,33H,3,9-18H2,1-2,4-8H3. The van der Waals surface area contributed by atoms with Gasteiger partial charge in [0.2, 0.25) is 0 Å². The highest BCUT2D eigenvalue weighted by atomic mass is 16.3. The summed E-state index contributed by atoms with van der Waals surface area (Å²) in [4.78, 5) is 12.4. The van der Waals surface area contributed by atoms with E-state index in [1.807, 2.05) is 0 Å². The third-order valence-corrected chi connectivity index (χ3v) is 12.1. The molecule has 0 aromatic heterocycles. The quantitative estimate of drug-likeness (QED) is 0.327. The number of hydrogen-bond donors (Lipinski definition) is 1. The molecule has 0 saturated heterocycles. The van der Waals surface area contributed by atoms with Gasteiger partial charge in [-0.3, -0.25) is 0 Å². The number of aliphatic hydroxyl groups excluding tert-OH is 1. The summed E-state index contributed by atoms with van der Waals surface area (Å²) < 4.78 is 0. The Labute approximate surface area is 203 Å². The number of aliphatic hydroxyl groups is 1. The van der Waals surface area contributed by atoms with Crippen molar-refractivity contribution in [2.24, 2.45) is 45.3 Å². The molecule has 2 nitrogen and oxygen atoms in total. The summed E-state index contributed by atoms with van der Waals surface area (Å²) in [5.74, 6) is 1.72. The van der Waals surface area contributed by atoms with Crippen molar-refractivity contribution in [1.82, 2.24) is 0 Å². The first-order chi connectivity index (χ1) is 15.3. The number of fused-ring (bicyclic) bond motifs is 4. The lowest BCUT2D eigenvalue weighted by atomic mass is 9.43. The molecule has 4 aliphatic carbocycles. The summed E-state index contributed by atoms with van der Waals surface area (Å²) in [6, 6.07) is 0. The Morgan fingerprint density at radius 3 is 2.36 bits per heavy atom. The zero-order valence-corrected chi connectivity index (χ0v) is 22.6. The van der Waals surface area contributed by atoms with Gasteiger partial charge in [0, 0.05) is 5.92 Å². The van der Waals surface area contributed by atoms with Gasteiger partial charge >= 0.3 is 0 Å². The summed E-state index contributed by atoms with van der Waals surface area (Å²) in [7, 11) is 0. The second kappa shape index (κ2) is 8.35. The predicted molar refractivity (Wildman–Crippen MR) is 138 cm³/mol. The van der Waals surface area contributed by atoms with Gasteiger partial charge in [0.15, 0.2) is 0 Å². The summed E-state index contributed by atoms with van der Waals surface area (Å²) in [5, 5.41) is 10.8. The third kappa shape index (κ3) is 3.56. The van der Waals surface area contributed by atoms with Crippen LogP contribution in [0.5, 0.6) is 0 Å². The molecule has 186 valence electrons. The predicted octanol–water partition coefficient (Wildman–Crippen LogP) is 7.90. The van der Waals surface area contributed by atoms with Gasteiger partial charge in [-0.05, 0) is 104 Å². The van der Waals surface area contributed by atoms with Crippen LogP contribution in [-0.4, -0.2) is 17.5 Å². The Balaban J connectivity index is 1.65. The minimum atomic E-state index is -0.174. The average Bonchev–Trinajstić information content (AvgIpc) is 3.03. The number of hydrogen-bond acceptors (Lipinski definition) is 2. The highest BCUT2D eigenvalue weighted by Gasteiger charge is 2.63. The van der Waals surface area contributed by atoms with Gasteiger partial charge in [0.25, 0.3) is 0 Å². The van der Waals surface area contributed by atoms with E-state index in [0.717, 1.165) is 25.7 Å². The average molecular weight is 455 g/mol. The fourth-order valence-corrected chi connectivity index (χ4v) is 9.41. The molecule has 1 N–H and O–H groups in total. The molecular weight excluding hydrogens is 404 g/mol. The molecule has 0 amide bonds. The minimum absolute atomic E-state index is 0.00712. The topological polar surface area (TPSA) is 37.3 Å². The van der Waals surface area contributed by atoms with Crippen molar-refractivity contribution in [3.63, 3.8) is 0 Å². The van der Waals surface area contributed by atoms with E-state index in [1.54, 1.807) is 11.1 Å². The molecule has 2 heteroatoms. The lowest BCUT2D eigenvalue weighted by molar-refractivity contribution is -0.115. The van der Waals surface area contributed by atoms with Crippen molar-refractivity contribution in [3.8, 4) is 0 Å². The number of aldehydes is 1. The van der Waals surface area contributed by atoms with Gasteiger partial charge in [-0.2, -0.15) is 0 Å². The Kier molecular flexibility index (Phi) is 6.38. The third-order valence-electron chi connectivity index (χ3n) is 12.1. The molecule has 0 aromatic rings. The maximum absolute atomic E-state index is 12.4. The van der Waals surface area contributed by atoms with E-state index < -0.39 is 0 Å². The number of carbonyl (C=O) groups is 1. The Morgan fingerprint density at radius 1 is 1.03 bits per heavy atom. The largest absolute Gasteiger partial charge is 0.393 e. The molecule has 2 fully saturated rings. The molecule has 4 rings (SSSR count). The number of rotatable bonds is 6. The molecule has 7 atom stereocenters. The van der Waals surface area contributed by atoms with Gasteiger partial charge in [0.05, 0.1) is 6.10 Å². The fraction of sp³-hybridized carbons (Fsp3) is 0.839. The van der Waals surface area contributed by atoms with Crippen LogP contribution in [0.15, 0.2) is 23.3 Å². The lowest BCUT2D eigenvalue weighted by Crippen LogP contribution is -2.55. The first kappa shape index (κ1) is 25.2. The van der Waals surface area contributed by atoms with Gasteiger partial charge in [-0.15, -0.1) is 0 Å². The minimum Gasteiger partial charge on any atom is -0.393 e. The molecule has 4 aliphatic rings. The highest BCUT2D eigenvalue weighted by Crippen LogP contribution is 2.72. The Hall–Kier alpha value is -0.890. The van der Waals surface area contributed by atoms with Gasteiger partial charge in [0.1, 0.15) is 6.29 Å². The van der Waals surface area contributed by atoms with Gasteiger partial charge in [-0.25, -0.2) is 0 Å². The molecule has 0 spiro atoms. The van der Waals surface area contributed by atoms with Crippen LogP contribution in [0.2, 0.25) is 0 Å². The van der Waals surface area contributed by atoms with Gasteiger partial charge < -0.3 is 9.90 Å². The molecule has 7 unspecified atom stereocenters. The maximum atomic E-state index is 12.4. The van der Waals surface area contributed by atoms with E-state index >= 15 is 0 Å². The zero-order valence-electron chi connectivity index (χ0n) is 22.6. The van der Waals surface area contributed by atoms with E-state index in [1.165, 1.54) is 50.4 Å².